The highest BCUT2D eigenvalue weighted by molar-refractivity contribution is 6.76. The van der Waals surface area contributed by atoms with Crippen molar-refractivity contribution < 1.29 is 23.9 Å². The summed E-state index contributed by atoms with van der Waals surface area (Å²) >= 11 is 0. The van der Waals surface area contributed by atoms with Gasteiger partial charge in [0.05, 0.1) is 17.1 Å². The normalized spacial score (nSPS) is 17.2. The molecule has 3 rings (SSSR count). The maximum atomic E-state index is 13.8. The maximum absolute atomic E-state index is 13.8. The van der Waals surface area contributed by atoms with Gasteiger partial charge in [-0.2, -0.15) is 0 Å². The Kier molecular flexibility index (Phi) is 8.94. The number of amides is 2. The number of hydrogen-bond acceptors (Lipinski definition) is 6. The summed E-state index contributed by atoms with van der Waals surface area (Å²) in [6, 6.07) is 7.64. The number of para-hydroxylation sites is 2. The number of aromatic nitrogens is 2. The van der Waals surface area contributed by atoms with Gasteiger partial charge in [-0.1, -0.05) is 31.8 Å². The van der Waals surface area contributed by atoms with Crippen LogP contribution in [0.3, 0.4) is 0 Å². The van der Waals surface area contributed by atoms with Crippen LogP contribution in [0.1, 0.15) is 50.7 Å². The Morgan fingerprint density at radius 3 is 2.61 bits per heavy atom. The fourth-order valence-corrected chi connectivity index (χ4v) is 4.85. The number of hydrogen-bond donors (Lipinski definition) is 2. The van der Waals surface area contributed by atoms with Crippen LogP contribution in [0, 0.1) is 5.92 Å². The average molecular weight is 517 g/mol. The lowest BCUT2D eigenvalue weighted by Gasteiger charge is -2.23. The second kappa shape index (κ2) is 11.6. The minimum Gasteiger partial charge on any atom is -0.444 e. The average Bonchev–Trinajstić information content (AvgIpc) is 3.35. The number of carbonyl (C=O) groups excluding carboxylic acids is 3. The number of nitrogens with one attached hydrogen (secondary N) is 2. The molecule has 2 heterocycles. The van der Waals surface area contributed by atoms with Gasteiger partial charge in [0, 0.05) is 27.1 Å². The van der Waals surface area contributed by atoms with Gasteiger partial charge in [-0.3, -0.25) is 14.2 Å². The van der Waals surface area contributed by atoms with Crippen LogP contribution in [-0.4, -0.2) is 60.2 Å². The number of fused-ring (bicyclic) bond motifs is 1. The first kappa shape index (κ1) is 27.9. The first-order chi connectivity index (χ1) is 16.8. The van der Waals surface area contributed by atoms with Crippen molar-refractivity contribution in [2.24, 2.45) is 5.92 Å². The van der Waals surface area contributed by atoms with Crippen LogP contribution in [0.5, 0.6) is 0 Å². The Bertz CT molecular complexity index is 1090. The molecular weight excluding hydrogens is 476 g/mol. The molecule has 2 amide bonds. The highest BCUT2D eigenvalue weighted by atomic mass is 28.3. The van der Waals surface area contributed by atoms with Crippen molar-refractivity contribution in [2.45, 2.75) is 84.1 Å². The molecule has 0 radical (unpaired) electrons. The quantitative estimate of drug-likeness (QED) is 0.261. The van der Waals surface area contributed by atoms with E-state index in [4.69, 9.17) is 9.47 Å². The van der Waals surface area contributed by atoms with Gasteiger partial charge in [-0.15, -0.1) is 0 Å². The molecule has 0 bridgehead atoms. The molecule has 2 N–H and O–H groups in total. The van der Waals surface area contributed by atoms with Crippen molar-refractivity contribution >= 4 is 36.9 Å². The predicted molar refractivity (Wildman–Crippen MR) is 142 cm³/mol. The van der Waals surface area contributed by atoms with Gasteiger partial charge >= 0.3 is 6.09 Å². The molecule has 0 saturated carbocycles. The molecule has 0 spiro atoms. The largest absolute Gasteiger partial charge is 0.444 e. The Morgan fingerprint density at radius 1 is 1.25 bits per heavy atom. The molecule has 2 atom stereocenters. The van der Waals surface area contributed by atoms with E-state index in [0.29, 0.717) is 31.5 Å². The second-order valence-corrected chi connectivity index (χ2v) is 17.2. The number of ketones is 1. The molecule has 0 aliphatic carbocycles. The zero-order chi connectivity index (χ0) is 26.5. The first-order valence-corrected chi connectivity index (χ1v) is 16.4. The summed E-state index contributed by atoms with van der Waals surface area (Å²) in [4.78, 5) is 43.1. The Hall–Kier alpha value is -2.72. The highest BCUT2D eigenvalue weighted by Gasteiger charge is 2.32. The van der Waals surface area contributed by atoms with Crippen LogP contribution in [0.2, 0.25) is 25.7 Å². The molecule has 1 aliphatic heterocycles. The van der Waals surface area contributed by atoms with Crippen molar-refractivity contribution in [2.75, 3.05) is 13.2 Å². The first-order valence-electron chi connectivity index (χ1n) is 12.7. The zero-order valence-corrected chi connectivity index (χ0v) is 23.3. The molecule has 1 aromatic carbocycles. The minimum atomic E-state index is -1.26. The zero-order valence-electron chi connectivity index (χ0n) is 22.3. The molecule has 198 valence electrons. The van der Waals surface area contributed by atoms with E-state index in [-0.39, 0.29) is 30.2 Å². The molecule has 1 aliphatic rings. The van der Waals surface area contributed by atoms with Crippen LogP contribution in [0.15, 0.2) is 24.3 Å². The van der Waals surface area contributed by atoms with E-state index in [2.05, 4.69) is 35.3 Å². The highest BCUT2D eigenvalue weighted by Crippen LogP contribution is 2.22. The number of Topliss-reactive ketones (excluding diaryl/α,β-unsaturated/α-hetero) is 1. The van der Waals surface area contributed by atoms with E-state index in [0.717, 1.165) is 18.0 Å². The number of nitrogens with zero attached hydrogens (tertiary/aromatic N) is 2. The molecular formula is C26H40N4O5Si. The summed E-state index contributed by atoms with van der Waals surface area (Å²) in [6.45, 7) is 13.6. The molecule has 2 aromatic rings. The summed E-state index contributed by atoms with van der Waals surface area (Å²) in [5, 5.41) is 5.56. The van der Waals surface area contributed by atoms with Gasteiger partial charge in [0.1, 0.15) is 12.3 Å². The SMILES string of the molecule is CC(C)(C)OC(=O)N[C@@H](CC[C@@H]1CCNC1=O)C(=O)c1nc2ccccc2n1COCC[Si](C)(C)C. The van der Waals surface area contributed by atoms with E-state index in [1.807, 2.05) is 24.3 Å². The van der Waals surface area contributed by atoms with Crippen molar-refractivity contribution in [1.29, 1.82) is 0 Å². The summed E-state index contributed by atoms with van der Waals surface area (Å²) in [6.07, 6.45) is 0.821. The number of alkyl carbamates (subject to hydrolysis) is 1. The second-order valence-electron chi connectivity index (χ2n) is 11.6. The topological polar surface area (TPSA) is 112 Å². The van der Waals surface area contributed by atoms with E-state index in [1.165, 1.54) is 0 Å². The van der Waals surface area contributed by atoms with Crippen LogP contribution in [0.4, 0.5) is 4.79 Å². The van der Waals surface area contributed by atoms with Crippen LogP contribution < -0.4 is 10.6 Å². The number of carbonyl (C=O) groups is 3. The number of ether oxygens (including phenoxy) is 2. The fraction of sp³-hybridized carbons (Fsp3) is 0.615. The molecule has 0 unspecified atom stereocenters. The molecule has 1 aromatic heterocycles. The van der Waals surface area contributed by atoms with Crippen molar-refractivity contribution in [3.8, 4) is 0 Å². The smallest absolute Gasteiger partial charge is 0.408 e. The van der Waals surface area contributed by atoms with Crippen LogP contribution in [-0.2, 0) is 21.0 Å². The number of benzene rings is 1. The lowest BCUT2D eigenvalue weighted by Crippen LogP contribution is -2.44. The van der Waals surface area contributed by atoms with E-state index >= 15 is 0 Å². The third-order valence-corrected chi connectivity index (χ3v) is 7.77. The van der Waals surface area contributed by atoms with Crippen molar-refractivity contribution in [3.05, 3.63) is 30.1 Å². The standard InChI is InChI=1S/C26H40N4O5Si/c1-26(2,3)35-25(33)29-20(12-11-18-13-14-27-24(18)32)22(31)23-28-19-9-7-8-10-21(19)30(23)17-34-15-16-36(4,5)6/h7-10,18,20H,11-17H2,1-6H3,(H,27,32)(H,29,33)/t18-,20+/m1/s1. The Morgan fingerprint density at radius 2 is 1.97 bits per heavy atom. The number of imidazole rings is 1. The molecule has 1 saturated heterocycles. The Labute approximate surface area is 214 Å². The van der Waals surface area contributed by atoms with Gasteiger partial charge in [-0.05, 0) is 58.2 Å². The summed E-state index contributed by atoms with van der Waals surface area (Å²) in [5.74, 6) is -0.295. The summed E-state index contributed by atoms with van der Waals surface area (Å²) < 4.78 is 13.2. The summed E-state index contributed by atoms with van der Waals surface area (Å²) in [5.41, 5.74) is 0.765. The molecule has 9 nitrogen and oxygen atoms in total. The van der Waals surface area contributed by atoms with Gasteiger partial charge in [0.25, 0.3) is 0 Å². The van der Waals surface area contributed by atoms with Crippen molar-refractivity contribution in [1.82, 2.24) is 20.2 Å². The summed E-state index contributed by atoms with van der Waals surface area (Å²) in [7, 11) is -1.26. The van der Waals surface area contributed by atoms with Gasteiger partial charge in [-0.25, -0.2) is 9.78 Å². The van der Waals surface area contributed by atoms with E-state index < -0.39 is 25.8 Å². The molecule has 10 heteroatoms. The molecule has 36 heavy (non-hydrogen) atoms. The van der Waals surface area contributed by atoms with Crippen LogP contribution >= 0.6 is 0 Å². The van der Waals surface area contributed by atoms with Gasteiger partial charge in [0.2, 0.25) is 11.7 Å². The van der Waals surface area contributed by atoms with Gasteiger partial charge in [0.15, 0.2) is 5.82 Å². The lowest BCUT2D eigenvalue weighted by atomic mass is 9.96. The number of rotatable bonds is 11. The third kappa shape index (κ3) is 7.89. The lowest BCUT2D eigenvalue weighted by molar-refractivity contribution is -0.122. The van der Waals surface area contributed by atoms with E-state index in [1.54, 1.807) is 25.3 Å². The maximum Gasteiger partial charge on any atom is 0.408 e. The van der Waals surface area contributed by atoms with Gasteiger partial charge < -0.3 is 20.1 Å². The molecule has 1 fully saturated rings. The van der Waals surface area contributed by atoms with Crippen molar-refractivity contribution in [3.63, 3.8) is 0 Å². The monoisotopic (exact) mass is 516 g/mol. The minimum absolute atomic E-state index is 0.0125. The van der Waals surface area contributed by atoms with E-state index in [9.17, 15) is 14.4 Å². The predicted octanol–water partition coefficient (Wildman–Crippen LogP) is 4.34. The fourth-order valence-electron chi connectivity index (χ4n) is 4.09. The Balaban J connectivity index is 1.84. The van der Waals surface area contributed by atoms with Crippen LogP contribution in [0.25, 0.3) is 11.0 Å². The third-order valence-electron chi connectivity index (χ3n) is 6.07.